The van der Waals surface area contributed by atoms with Crippen LogP contribution in [0, 0.1) is 6.92 Å². The van der Waals surface area contributed by atoms with Crippen LogP contribution in [-0.2, 0) is 23.0 Å². The summed E-state index contributed by atoms with van der Waals surface area (Å²) in [5.74, 6) is -0.453. The van der Waals surface area contributed by atoms with E-state index in [2.05, 4.69) is 4.98 Å². The maximum Gasteiger partial charge on any atom is 0.501 e. The average Bonchev–Trinajstić information content (AvgIpc) is 2.91. The standard InChI is InChI=1S/C18H16F3N3O5S/c1-11-16(26)24(14-2-4-15(5-3-14)30(28,29)18(19,20)21)17(27)23(11)9-12-6-7-22-8-13(12)10-25/h2-8,25-26H,9-10H2,1H3. The SMILES string of the molecule is Cc1c(O)n(-c2ccc(S(=O)(=O)C(F)(F)F)cc2)c(=O)n1Cc1ccncc1CO. The van der Waals surface area contributed by atoms with Gasteiger partial charge in [-0.25, -0.2) is 17.8 Å². The molecule has 0 fully saturated rings. The summed E-state index contributed by atoms with van der Waals surface area (Å²) in [7, 11) is -5.53. The minimum atomic E-state index is -5.53. The van der Waals surface area contributed by atoms with E-state index < -0.39 is 31.8 Å². The van der Waals surface area contributed by atoms with Gasteiger partial charge < -0.3 is 10.2 Å². The van der Waals surface area contributed by atoms with Crippen molar-refractivity contribution < 1.29 is 31.8 Å². The molecule has 2 N–H and O–H groups in total. The molecule has 0 amide bonds. The van der Waals surface area contributed by atoms with E-state index >= 15 is 0 Å². The first-order valence-electron chi connectivity index (χ1n) is 8.44. The second kappa shape index (κ2) is 7.61. The predicted molar refractivity (Wildman–Crippen MR) is 98.9 cm³/mol. The maximum atomic E-state index is 12.8. The van der Waals surface area contributed by atoms with E-state index in [1.165, 1.54) is 23.9 Å². The van der Waals surface area contributed by atoms with E-state index in [1.54, 1.807) is 6.07 Å². The van der Waals surface area contributed by atoms with Gasteiger partial charge >= 0.3 is 11.2 Å². The predicted octanol–water partition coefficient (Wildman–Crippen LogP) is 1.88. The lowest BCUT2D eigenvalue weighted by Gasteiger charge is -2.09. The molecule has 0 unspecified atom stereocenters. The van der Waals surface area contributed by atoms with Crippen molar-refractivity contribution in [2.45, 2.75) is 30.5 Å². The summed E-state index contributed by atoms with van der Waals surface area (Å²) in [6.07, 6.45) is 2.91. The molecule has 0 atom stereocenters. The van der Waals surface area contributed by atoms with Gasteiger partial charge in [0, 0.05) is 18.0 Å². The van der Waals surface area contributed by atoms with Gasteiger partial charge in [0.15, 0.2) is 0 Å². The fourth-order valence-corrected chi connectivity index (χ4v) is 3.65. The second-order valence-corrected chi connectivity index (χ2v) is 8.30. The third-order valence-electron chi connectivity index (χ3n) is 4.58. The Morgan fingerprint density at radius 2 is 1.73 bits per heavy atom. The second-order valence-electron chi connectivity index (χ2n) is 6.36. The first-order valence-corrected chi connectivity index (χ1v) is 9.93. The molecular formula is C18H16F3N3O5S. The first-order chi connectivity index (χ1) is 14.0. The summed E-state index contributed by atoms with van der Waals surface area (Å²) in [5, 5.41) is 19.8. The Bertz CT molecular complexity index is 1250. The number of sulfone groups is 1. The Labute approximate surface area is 168 Å². The minimum absolute atomic E-state index is 0.00414. The number of benzene rings is 1. The van der Waals surface area contributed by atoms with Crippen molar-refractivity contribution >= 4 is 9.84 Å². The van der Waals surface area contributed by atoms with Crippen molar-refractivity contribution in [2.75, 3.05) is 0 Å². The number of aliphatic hydroxyl groups is 1. The number of hydrogen-bond donors (Lipinski definition) is 2. The zero-order chi connectivity index (χ0) is 22.3. The maximum absolute atomic E-state index is 12.8. The highest BCUT2D eigenvalue weighted by Crippen LogP contribution is 2.31. The molecule has 0 aliphatic carbocycles. The number of alkyl halides is 3. The van der Waals surface area contributed by atoms with Crippen molar-refractivity contribution in [3.05, 3.63) is 70.0 Å². The monoisotopic (exact) mass is 443 g/mol. The summed E-state index contributed by atoms with van der Waals surface area (Å²) in [5.41, 5.74) is -4.93. The van der Waals surface area contributed by atoms with Crippen LogP contribution < -0.4 is 5.69 Å². The zero-order valence-corrected chi connectivity index (χ0v) is 16.3. The Morgan fingerprint density at radius 3 is 2.30 bits per heavy atom. The number of aromatic nitrogens is 3. The Hall–Kier alpha value is -3.12. The van der Waals surface area contributed by atoms with Crippen LogP contribution in [0.2, 0.25) is 0 Å². The number of rotatable bonds is 5. The lowest BCUT2D eigenvalue weighted by atomic mass is 10.1. The van der Waals surface area contributed by atoms with Gasteiger partial charge in [-0.2, -0.15) is 13.2 Å². The van der Waals surface area contributed by atoms with Crippen molar-refractivity contribution in [1.29, 1.82) is 0 Å². The summed E-state index contributed by atoms with van der Waals surface area (Å²) >= 11 is 0. The van der Waals surface area contributed by atoms with Gasteiger partial charge in [-0.3, -0.25) is 9.55 Å². The molecule has 0 aliphatic heterocycles. The fourth-order valence-electron chi connectivity index (χ4n) is 2.89. The van der Waals surface area contributed by atoms with E-state index in [1.807, 2.05) is 0 Å². The number of imidazole rings is 1. The molecule has 0 saturated heterocycles. The molecule has 0 radical (unpaired) electrons. The normalized spacial score (nSPS) is 12.3. The number of aromatic hydroxyl groups is 1. The number of aliphatic hydroxyl groups excluding tert-OH is 1. The van der Waals surface area contributed by atoms with Crippen molar-refractivity contribution in [3.63, 3.8) is 0 Å². The fraction of sp³-hybridized carbons (Fsp3) is 0.222. The molecule has 0 bridgehead atoms. The van der Waals surface area contributed by atoms with E-state index in [4.69, 9.17) is 0 Å². The first kappa shape index (κ1) is 21.6. The van der Waals surface area contributed by atoms with E-state index in [0.717, 1.165) is 16.7 Å². The summed E-state index contributed by atoms with van der Waals surface area (Å²) in [6.45, 7) is 1.17. The molecule has 160 valence electrons. The van der Waals surface area contributed by atoms with Gasteiger partial charge in [0.1, 0.15) is 0 Å². The molecule has 12 heteroatoms. The molecule has 0 aliphatic rings. The smallest absolute Gasteiger partial charge is 0.493 e. The molecule has 0 saturated carbocycles. The quantitative estimate of drug-likeness (QED) is 0.623. The molecule has 1 aromatic carbocycles. The van der Waals surface area contributed by atoms with Gasteiger partial charge in [0.25, 0.3) is 9.84 Å². The topological polar surface area (TPSA) is 114 Å². The zero-order valence-electron chi connectivity index (χ0n) is 15.5. The number of nitrogens with zero attached hydrogens (tertiary/aromatic N) is 3. The Kier molecular flexibility index (Phi) is 5.48. The van der Waals surface area contributed by atoms with Crippen LogP contribution in [0.25, 0.3) is 5.69 Å². The van der Waals surface area contributed by atoms with Gasteiger partial charge in [0.05, 0.1) is 29.4 Å². The van der Waals surface area contributed by atoms with Crippen LogP contribution in [0.4, 0.5) is 13.2 Å². The highest BCUT2D eigenvalue weighted by molar-refractivity contribution is 7.92. The van der Waals surface area contributed by atoms with Gasteiger partial charge in [0.2, 0.25) is 5.88 Å². The van der Waals surface area contributed by atoms with E-state index in [9.17, 15) is 36.6 Å². The van der Waals surface area contributed by atoms with E-state index in [-0.39, 0.29) is 24.5 Å². The Morgan fingerprint density at radius 1 is 1.10 bits per heavy atom. The largest absolute Gasteiger partial charge is 0.501 e. The molecule has 2 heterocycles. The molecule has 3 aromatic rings. The van der Waals surface area contributed by atoms with Crippen LogP contribution in [0.3, 0.4) is 0 Å². The Balaban J connectivity index is 2.05. The van der Waals surface area contributed by atoms with Gasteiger partial charge in [-0.15, -0.1) is 0 Å². The minimum Gasteiger partial charge on any atom is -0.493 e. The van der Waals surface area contributed by atoms with Crippen LogP contribution in [0.15, 0.2) is 52.4 Å². The van der Waals surface area contributed by atoms with Crippen molar-refractivity contribution in [2.24, 2.45) is 0 Å². The molecule has 8 nitrogen and oxygen atoms in total. The number of pyridine rings is 1. The van der Waals surface area contributed by atoms with E-state index in [0.29, 0.717) is 23.3 Å². The van der Waals surface area contributed by atoms with Gasteiger partial charge in [-0.05, 0) is 42.8 Å². The van der Waals surface area contributed by atoms with Crippen molar-refractivity contribution in [3.8, 4) is 11.6 Å². The summed E-state index contributed by atoms with van der Waals surface area (Å²) < 4.78 is 63.1. The van der Waals surface area contributed by atoms with Crippen LogP contribution in [0.5, 0.6) is 5.88 Å². The summed E-state index contributed by atoms with van der Waals surface area (Å²) in [6, 6.07) is 5.01. The lowest BCUT2D eigenvalue weighted by molar-refractivity contribution is -0.0436. The summed E-state index contributed by atoms with van der Waals surface area (Å²) in [4.78, 5) is 15.8. The van der Waals surface area contributed by atoms with Crippen molar-refractivity contribution in [1.82, 2.24) is 14.1 Å². The van der Waals surface area contributed by atoms with Crippen LogP contribution in [-0.4, -0.2) is 38.3 Å². The number of halogens is 3. The third kappa shape index (κ3) is 3.59. The van der Waals surface area contributed by atoms with Crippen LogP contribution >= 0.6 is 0 Å². The highest BCUT2D eigenvalue weighted by atomic mass is 32.2. The molecular weight excluding hydrogens is 427 g/mol. The third-order valence-corrected chi connectivity index (χ3v) is 6.08. The lowest BCUT2D eigenvalue weighted by Crippen LogP contribution is -2.25. The molecule has 3 rings (SSSR count). The molecule has 0 spiro atoms. The average molecular weight is 443 g/mol. The van der Waals surface area contributed by atoms with Crippen LogP contribution in [0.1, 0.15) is 16.8 Å². The highest BCUT2D eigenvalue weighted by Gasteiger charge is 2.46. The number of hydrogen-bond acceptors (Lipinski definition) is 6. The molecule has 2 aromatic heterocycles. The van der Waals surface area contributed by atoms with Gasteiger partial charge in [-0.1, -0.05) is 0 Å². The molecule has 30 heavy (non-hydrogen) atoms.